The summed E-state index contributed by atoms with van der Waals surface area (Å²) in [7, 11) is 0. The zero-order valence-electron chi connectivity index (χ0n) is 16.4. The molecule has 2 N–H and O–H groups in total. The summed E-state index contributed by atoms with van der Waals surface area (Å²) in [4.78, 5) is 23.9. The van der Waals surface area contributed by atoms with Gasteiger partial charge in [-0.1, -0.05) is 6.07 Å². The summed E-state index contributed by atoms with van der Waals surface area (Å²) in [6.45, 7) is 2.30. The van der Waals surface area contributed by atoms with Gasteiger partial charge >= 0.3 is 0 Å². The molecule has 0 atom stereocenters. The Hall–Kier alpha value is -3.73. The standard InChI is InChI=1S/C20H18F2N8O/c21-14-2-1-3-15(22)13(14)10-30-11-26-17-16(12-8-24-19(23)25-9-12)27-20(28-18(17)30)29-4-6-31-7-5-29/h1-3,8-9,11H,4-7,10H2,(H2,23,24,25). The lowest BCUT2D eigenvalue weighted by atomic mass is 10.2. The molecule has 0 aliphatic carbocycles. The summed E-state index contributed by atoms with van der Waals surface area (Å²) in [6, 6.07) is 3.78. The maximum absolute atomic E-state index is 14.2. The molecule has 1 saturated heterocycles. The van der Waals surface area contributed by atoms with Crippen LogP contribution in [0.4, 0.5) is 20.7 Å². The topological polar surface area (TPSA) is 108 Å². The van der Waals surface area contributed by atoms with Gasteiger partial charge in [0.25, 0.3) is 0 Å². The van der Waals surface area contributed by atoms with Crippen molar-refractivity contribution in [3.05, 3.63) is 54.1 Å². The van der Waals surface area contributed by atoms with Gasteiger partial charge in [-0.15, -0.1) is 0 Å². The Bertz CT molecular complexity index is 1220. The van der Waals surface area contributed by atoms with E-state index in [1.165, 1.54) is 24.5 Å². The Balaban J connectivity index is 1.66. The second kappa shape index (κ2) is 7.84. The number of benzene rings is 1. The Kier molecular flexibility index (Phi) is 4.86. The molecule has 11 heteroatoms. The minimum absolute atomic E-state index is 0.0632. The van der Waals surface area contributed by atoms with E-state index in [0.29, 0.717) is 54.7 Å². The van der Waals surface area contributed by atoms with Crippen LogP contribution < -0.4 is 10.6 Å². The van der Waals surface area contributed by atoms with Crippen molar-refractivity contribution in [2.45, 2.75) is 6.54 Å². The maximum Gasteiger partial charge on any atom is 0.228 e. The first-order valence-corrected chi connectivity index (χ1v) is 9.66. The molecule has 1 aliphatic heterocycles. The number of imidazole rings is 1. The summed E-state index contributed by atoms with van der Waals surface area (Å²) in [5.74, 6) is -0.644. The number of anilines is 2. The number of halogens is 2. The third kappa shape index (κ3) is 3.63. The predicted molar refractivity (Wildman–Crippen MR) is 109 cm³/mol. The van der Waals surface area contributed by atoms with Crippen LogP contribution in [0, 0.1) is 11.6 Å². The van der Waals surface area contributed by atoms with Gasteiger partial charge in [0, 0.05) is 36.6 Å². The summed E-state index contributed by atoms with van der Waals surface area (Å²) in [6.07, 6.45) is 4.61. The summed E-state index contributed by atoms with van der Waals surface area (Å²) >= 11 is 0. The largest absolute Gasteiger partial charge is 0.378 e. The normalized spacial score (nSPS) is 14.3. The molecule has 4 heterocycles. The number of morpholine rings is 1. The van der Waals surface area contributed by atoms with E-state index in [4.69, 9.17) is 15.5 Å². The van der Waals surface area contributed by atoms with Crippen molar-refractivity contribution in [2.75, 3.05) is 36.9 Å². The predicted octanol–water partition coefficient (Wildman–Crippen LogP) is 2.03. The zero-order chi connectivity index (χ0) is 21.4. The van der Waals surface area contributed by atoms with Gasteiger partial charge in [-0.2, -0.15) is 4.98 Å². The van der Waals surface area contributed by atoms with Crippen LogP contribution >= 0.6 is 0 Å². The minimum Gasteiger partial charge on any atom is -0.378 e. The Morgan fingerprint density at radius 1 is 1.00 bits per heavy atom. The Labute approximate surface area is 175 Å². The molecule has 1 aliphatic rings. The number of ether oxygens (including phenoxy) is 1. The number of nitrogen functional groups attached to an aromatic ring is 1. The minimum atomic E-state index is -0.628. The van der Waals surface area contributed by atoms with Crippen molar-refractivity contribution in [3.8, 4) is 11.3 Å². The van der Waals surface area contributed by atoms with Crippen LogP contribution in [-0.2, 0) is 11.3 Å². The zero-order valence-corrected chi connectivity index (χ0v) is 16.4. The van der Waals surface area contributed by atoms with Gasteiger partial charge in [-0.05, 0) is 12.1 Å². The van der Waals surface area contributed by atoms with E-state index in [9.17, 15) is 8.78 Å². The van der Waals surface area contributed by atoms with Crippen molar-refractivity contribution < 1.29 is 13.5 Å². The highest BCUT2D eigenvalue weighted by molar-refractivity contribution is 5.88. The van der Waals surface area contributed by atoms with E-state index in [1.54, 1.807) is 17.0 Å². The fourth-order valence-corrected chi connectivity index (χ4v) is 3.47. The van der Waals surface area contributed by atoms with Crippen molar-refractivity contribution >= 4 is 23.1 Å². The molecule has 31 heavy (non-hydrogen) atoms. The first-order valence-electron chi connectivity index (χ1n) is 9.66. The van der Waals surface area contributed by atoms with Crippen molar-refractivity contribution in [1.29, 1.82) is 0 Å². The average molecular weight is 424 g/mol. The Morgan fingerprint density at radius 2 is 1.71 bits per heavy atom. The van der Waals surface area contributed by atoms with E-state index >= 15 is 0 Å². The highest BCUT2D eigenvalue weighted by Gasteiger charge is 2.21. The smallest absolute Gasteiger partial charge is 0.228 e. The molecule has 0 amide bonds. The lowest BCUT2D eigenvalue weighted by Crippen LogP contribution is -2.37. The van der Waals surface area contributed by atoms with E-state index < -0.39 is 11.6 Å². The second-order valence-corrected chi connectivity index (χ2v) is 7.05. The highest BCUT2D eigenvalue weighted by atomic mass is 19.1. The van der Waals surface area contributed by atoms with Crippen LogP contribution in [0.25, 0.3) is 22.4 Å². The molecular formula is C20H18F2N8O. The van der Waals surface area contributed by atoms with Crippen LogP contribution in [0.2, 0.25) is 0 Å². The van der Waals surface area contributed by atoms with Crippen LogP contribution in [0.3, 0.4) is 0 Å². The van der Waals surface area contributed by atoms with Gasteiger partial charge in [0.05, 0.1) is 26.1 Å². The fourth-order valence-electron chi connectivity index (χ4n) is 3.47. The summed E-state index contributed by atoms with van der Waals surface area (Å²) in [5.41, 5.74) is 7.60. The number of nitrogens with two attached hydrogens (primary N) is 1. The SMILES string of the molecule is Nc1ncc(-c2nc(N3CCOCC3)nc3c2ncn3Cc2c(F)cccc2F)cn1. The monoisotopic (exact) mass is 424 g/mol. The fraction of sp³-hybridized carbons (Fsp3) is 0.250. The summed E-state index contributed by atoms with van der Waals surface area (Å²) < 4.78 is 35.5. The van der Waals surface area contributed by atoms with Crippen molar-refractivity contribution in [1.82, 2.24) is 29.5 Å². The van der Waals surface area contributed by atoms with Crippen molar-refractivity contribution in [2.24, 2.45) is 0 Å². The van der Waals surface area contributed by atoms with Gasteiger partial charge in [-0.25, -0.2) is 28.7 Å². The summed E-state index contributed by atoms with van der Waals surface area (Å²) in [5, 5.41) is 0. The molecule has 5 rings (SSSR count). The van der Waals surface area contributed by atoms with Crippen LogP contribution in [0.1, 0.15) is 5.56 Å². The van der Waals surface area contributed by atoms with E-state index in [2.05, 4.69) is 19.9 Å². The molecule has 0 saturated carbocycles. The molecule has 158 valence electrons. The quantitative estimate of drug-likeness (QED) is 0.530. The molecule has 0 bridgehead atoms. The number of nitrogens with zero attached hydrogens (tertiary/aromatic N) is 7. The molecule has 3 aromatic heterocycles. The third-order valence-electron chi connectivity index (χ3n) is 5.08. The number of aromatic nitrogens is 6. The van der Waals surface area contributed by atoms with Gasteiger partial charge in [0.2, 0.25) is 11.9 Å². The maximum atomic E-state index is 14.2. The van der Waals surface area contributed by atoms with Gasteiger partial charge in [0.1, 0.15) is 22.8 Å². The number of hydrogen-bond donors (Lipinski definition) is 1. The van der Waals surface area contributed by atoms with Crippen LogP contribution in [0.15, 0.2) is 36.9 Å². The Morgan fingerprint density at radius 3 is 2.42 bits per heavy atom. The lowest BCUT2D eigenvalue weighted by molar-refractivity contribution is 0.122. The van der Waals surface area contributed by atoms with Crippen molar-refractivity contribution in [3.63, 3.8) is 0 Å². The lowest BCUT2D eigenvalue weighted by Gasteiger charge is -2.27. The number of rotatable bonds is 4. The third-order valence-corrected chi connectivity index (χ3v) is 5.08. The van der Waals surface area contributed by atoms with Gasteiger partial charge < -0.3 is 19.9 Å². The van der Waals surface area contributed by atoms with E-state index in [-0.39, 0.29) is 18.1 Å². The molecule has 0 radical (unpaired) electrons. The van der Waals surface area contributed by atoms with Crippen LogP contribution in [-0.4, -0.2) is 55.8 Å². The first kappa shape index (κ1) is 19.2. The van der Waals surface area contributed by atoms with Crippen LogP contribution in [0.5, 0.6) is 0 Å². The van der Waals surface area contributed by atoms with E-state index in [0.717, 1.165) is 0 Å². The molecule has 1 aromatic carbocycles. The van der Waals surface area contributed by atoms with Gasteiger partial charge in [0.15, 0.2) is 5.65 Å². The molecule has 1 fully saturated rings. The number of hydrogen-bond acceptors (Lipinski definition) is 8. The van der Waals surface area contributed by atoms with Gasteiger partial charge in [-0.3, -0.25) is 0 Å². The highest BCUT2D eigenvalue weighted by Crippen LogP contribution is 2.28. The molecular weight excluding hydrogens is 406 g/mol. The average Bonchev–Trinajstić information content (AvgIpc) is 3.20. The first-order chi connectivity index (χ1) is 15.1. The number of fused-ring (bicyclic) bond motifs is 1. The molecule has 0 spiro atoms. The second-order valence-electron chi connectivity index (χ2n) is 7.05. The van der Waals surface area contributed by atoms with E-state index in [1.807, 2.05) is 4.90 Å². The molecule has 0 unspecified atom stereocenters. The molecule has 4 aromatic rings. The molecule has 9 nitrogen and oxygen atoms in total.